The van der Waals surface area contributed by atoms with Crippen molar-refractivity contribution in [3.05, 3.63) is 80.3 Å². The largest absolute Gasteiger partial charge is 0.352 e. The lowest BCUT2D eigenvalue weighted by Crippen LogP contribution is -2.26. The molecule has 6 heteroatoms. The molecule has 2 aromatic carbocycles. The smallest absolute Gasteiger partial charge is 0.165 e. The number of hydrogen-bond donors (Lipinski definition) is 0. The molecule has 2 heterocycles. The molecule has 1 aliphatic rings. The van der Waals surface area contributed by atoms with Gasteiger partial charge in [0.25, 0.3) is 0 Å². The van der Waals surface area contributed by atoms with Gasteiger partial charge in [0.15, 0.2) is 5.82 Å². The van der Waals surface area contributed by atoms with Crippen molar-refractivity contribution in [1.82, 2.24) is 9.78 Å². The monoisotopic (exact) mass is 445 g/mol. The van der Waals surface area contributed by atoms with E-state index < -0.39 is 5.82 Å². The minimum atomic E-state index is -0.399. The van der Waals surface area contributed by atoms with Crippen molar-refractivity contribution in [3.8, 4) is 0 Å². The van der Waals surface area contributed by atoms with Gasteiger partial charge in [-0.05, 0) is 62.1 Å². The quantitative estimate of drug-likeness (QED) is 0.415. The average molecular weight is 446 g/mol. The van der Waals surface area contributed by atoms with Gasteiger partial charge in [0, 0.05) is 16.6 Å². The van der Waals surface area contributed by atoms with Crippen molar-refractivity contribution in [2.75, 3.05) is 4.90 Å². The van der Waals surface area contributed by atoms with Gasteiger partial charge < -0.3 is 4.90 Å². The Morgan fingerprint density at radius 1 is 1.10 bits per heavy atom. The first kappa shape index (κ1) is 21.2. The van der Waals surface area contributed by atoms with Crippen LogP contribution in [0, 0.1) is 12.7 Å². The van der Waals surface area contributed by atoms with E-state index in [2.05, 4.69) is 44.2 Å². The van der Waals surface area contributed by atoms with Crippen LogP contribution in [0.15, 0.2) is 36.4 Å². The minimum Gasteiger partial charge on any atom is -0.352 e. The van der Waals surface area contributed by atoms with Crippen molar-refractivity contribution >= 4 is 28.9 Å². The first-order valence-electron chi connectivity index (χ1n) is 10.3. The van der Waals surface area contributed by atoms with Crippen LogP contribution in [0.3, 0.4) is 0 Å². The van der Waals surface area contributed by atoms with Crippen LogP contribution in [-0.4, -0.2) is 9.78 Å². The van der Waals surface area contributed by atoms with Crippen LogP contribution >= 0.6 is 23.2 Å². The Balaban J connectivity index is 2.01. The lowest BCUT2D eigenvalue weighted by atomic mass is 9.92. The van der Waals surface area contributed by atoms with Crippen LogP contribution in [-0.2, 0) is 6.54 Å². The lowest BCUT2D eigenvalue weighted by Gasteiger charge is -2.30. The number of hydrogen-bond acceptors (Lipinski definition) is 2. The fourth-order valence-electron chi connectivity index (χ4n) is 4.39. The van der Waals surface area contributed by atoms with Gasteiger partial charge in [0.1, 0.15) is 0 Å². The summed E-state index contributed by atoms with van der Waals surface area (Å²) in [5, 5.41) is 5.75. The second-order valence-corrected chi connectivity index (χ2v) is 9.39. The molecule has 0 unspecified atom stereocenters. The van der Waals surface area contributed by atoms with Crippen LogP contribution in [0.1, 0.15) is 73.8 Å². The van der Waals surface area contributed by atoms with E-state index in [9.17, 15) is 0 Å². The highest BCUT2D eigenvalue weighted by molar-refractivity contribution is 6.31. The molecule has 30 heavy (non-hydrogen) atoms. The lowest BCUT2D eigenvalue weighted by molar-refractivity contribution is 0.499. The van der Waals surface area contributed by atoms with Crippen molar-refractivity contribution < 1.29 is 4.39 Å². The second kappa shape index (κ2) is 7.90. The van der Waals surface area contributed by atoms with Crippen molar-refractivity contribution in [2.24, 2.45) is 0 Å². The fourth-order valence-corrected chi connectivity index (χ4v) is 4.74. The highest BCUT2D eigenvalue weighted by atomic mass is 35.5. The molecule has 1 aliphatic heterocycles. The predicted molar refractivity (Wildman–Crippen MR) is 122 cm³/mol. The van der Waals surface area contributed by atoms with Crippen LogP contribution in [0.25, 0.3) is 0 Å². The van der Waals surface area contributed by atoms with E-state index in [-0.39, 0.29) is 23.0 Å². The molecule has 4 rings (SSSR count). The number of anilines is 1. The zero-order valence-electron chi connectivity index (χ0n) is 17.9. The Morgan fingerprint density at radius 2 is 1.83 bits per heavy atom. The highest BCUT2D eigenvalue weighted by Gasteiger charge is 2.40. The molecule has 1 atom stereocenters. The molecular weight excluding hydrogens is 420 g/mol. The normalized spacial score (nSPS) is 16.1. The second-order valence-electron chi connectivity index (χ2n) is 8.54. The van der Waals surface area contributed by atoms with Crippen LogP contribution in [0.2, 0.25) is 10.0 Å². The van der Waals surface area contributed by atoms with E-state index >= 15 is 4.39 Å². The van der Waals surface area contributed by atoms with Crippen LogP contribution < -0.4 is 4.90 Å². The van der Waals surface area contributed by atoms with E-state index in [1.165, 1.54) is 0 Å². The van der Waals surface area contributed by atoms with E-state index in [1.807, 2.05) is 18.2 Å². The van der Waals surface area contributed by atoms with Crippen molar-refractivity contribution in [1.29, 1.82) is 0 Å². The topological polar surface area (TPSA) is 21.1 Å². The van der Waals surface area contributed by atoms with Gasteiger partial charge in [0.05, 0.1) is 34.7 Å². The first-order valence-corrected chi connectivity index (χ1v) is 11.0. The maximum Gasteiger partial charge on any atom is 0.165 e. The van der Waals surface area contributed by atoms with Gasteiger partial charge in [0.2, 0.25) is 0 Å². The summed E-state index contributed by atoms with van der Waals surface area (Å²) in [7, 11) is 0. The number of fused-ring (bicyclic) bond motifs is 1. The first-order chi connectivity index (χ1) is 14.2. The molecule has 0 saturated carbocycles. The summed E-state index contributed by atoms with van der Waals surface area (Å²) in [5.74, 6) is -0.158. The van der Waals surface area contributed by atoms with Crippen LogP contribution in [0.5, 0.6) is 0 Å². The van der Waals surface area contributed by atoms with Gasteiger partial charge in [-0.15, -0.1) is 0 Å². The molecule has 3 nitrogen and oxygen atoms in total. The molecule has 3 aromatic rings. The SMILES string of the molecule is Cc1ccc(Cl)cc1[C@H]1c2c(C(C)C)nn(C(C)C)c2CN1c1cccc(Cl)c1F. The number of nitrogens with zero attached hydrogens (tertiary/aromatic N) is 3. The molecule has 0 aliphatic carbocycles. The Labute approximate surface area is 187 Å². The molecule has 0 fully saturated rings. The molecule has 158 valence electrons. The summed E-state index contributed by atoms with van der Waals surface area (Å²) in [4.78, 5) is 2.09. The standard InChI is InChI=1S/C24H26Cl2FN3/c1-13(2)23-21-20(30(28-23)14(3)4)12-29(19-8-6-7-18(26)22(19)27)24(21)17-11-16(25)10-9-15(17)5/h6-11,13-14,24H,12H2,1-5H3/t24-/m0/s1. The minimum absolute atomic E-state index is 0.125. The Kier molecular flexibility index (Phi) is 5.58. The number of benzene rings is 2. The molecule has 0 radical (unpaired) electrons. The summed E-state index contributed by atoms with van der Waals surface area (Å²) in [6.07, 6.45) is 0. The molecular formula is C24H26Cl2FN3. The maximum atomic E-state index is 15.1. The molecule has 0 N–H and O–H groups in total. The molecule has 0 amide bonds. The van der Waals surface area contributed by atoms with Gasteiger partial charge in [-0.1, -0.05) is 49.2 Å². The number of aromatic nitrogens is 2. The average Bonchev–Trinajstić information content (AvgIpc) is 3.23. The van der Waals surface area contributed by atoms with E-state index in [0.29, 0.717) is 17.3 Å². The summed E-state index contributed by atoms with van der Waals surface area (Å²) < 4.78 is 17.2. The van der Waals surface area contributed by atoms with Gasteiger partial charge in [-0.25, -0.2) is 4.39 Å². The third kappa shape index (κ3) is 3.40. The van der Waals surface area contributed by atoms with Crippen molar-refractivity contribution in [3.63, 3.8) is 0 Å². The fraction of sp³-hybridized carbons (Fsp3) is 0.375. The Bertz CT molecular complexity index is 1100. The molecule has 0 saturated heterocycles. The van der Waals surface area contributed by atoms with Crippen molar-refractivity contribution in [2.45, 2.75) is 59.2 Å². The summed E-state index contributed by atoms with van der Waals surface area (Å²) in [5.41, 5.74) is 5.99. The van der Waals surface area contributed by atoms with E-state index in [4.69, 9.17) is 28.3 Å². The van der Waals surface area contributed by atoms with Gasteiger partial charge in [-0.3, -0.25) is 4.68 Å². The third-order valence-electron chi connectivity index (χ3n) is 5.80. The molecule has 0 bridgehead atoms. The third-order valence-corrected chi connectivity index (χ3v) is 6.32. The highest BCUT2D eigenvalue weighted by Crippen LogP contribution is 2.47. The molecule has 1 aromatic heterocycles. The summed E-state index contributed by atoms with van der Waals surface area (Å²) in [6.45, 7) is 11.2. The predicted octanol–water partition coefficient (Wildman–Crippen LogP) is 7.45. The van der Waals surface area contributed by atoms with Crippen LogP contribution in [0.4, 0.5) is 10.1 Å². The Hall–Kier alpha value is -2.04. The maximum absolute atomic E-state index is 15.1. The van der Waals surface area contributed by atoms with E-state index in [1.54, 1.807) is 18.2 Å². The summed E-state index contributed by atoms with van der Waals surface area (Å²) >= 11 is 12.5. The zero-order chi connectivity index (χ0) is 21.7. The number of rotatable bonds is 4. The number of halogens is 3. The number of aryl methyl sites for hydroxylation is 1. The van der Waals surface area contributed by atoms with Gasteiger partial charge >= 0.3 is 0 Å². The van der Waals surface area contributed by atoms with E-state index in [0.717, 1.165) is 28.1 Å². The summed E-state index contributed by atoms with van der Waals surface area (Å²) in [6, 6.07) is 11.1. The zero-order valence-corrected chi connectivity index (χ0v) is 19.4. The van der Waals surface area contributed by atoms with Gasteiger partial charge in [-0.2, -0.15) is 5.10 Å². The molecule has 0 spiro atoms. The Morgan fingerprint density at radius 3 is 2.50 bits per heavy atom.